The lowest BCUT2D eigenvalue weighted by atomic mass is 9.99. The molecule has 0 amide bonds. The van der Waals surface area contributed by atoms with Crippen LogP contribution in [0, 0.1) is 6.92 Å². The molecule has 0 saturated heterocycles. The highest BCUT2D eigenvalue weighted by molar-refractivity contribution is 6.32. The van der Waals surface area contributed by atoms with Gasteiger partial charge >= 0.3 is 12.1 Å². The number of aromatic amines is 1. The van der Waals surface area contributed by atoms with Gasteiger partial charge in [0.25, 0.3) is 0 Å². The fourth-order valence-electron chi connectivity index (χ4n) is 2.60. The van der Waals surface area contributed by atoms with Crippen molar-refractivity contribution in [1.82, 2.24) is 15.0 Å². The second-order valence-electron chi connectivity index (χ2n) is 5.73. The first-order valence-corrected chi connectivity index (χ1v) is 7.88. The summed E-state index contributed by atoms with van der Waals surface area (Å²) >= 11 is 6.04. The molecule has 2 aromatic heterocycles. The maximum absolute atomic E-state index is 13.1. The maximum atomic E-state index is 13.1. The van der Waals surface area contributed by atoms with Crippen LogP contribution < -0.4 is 5.73 Å². The van der Waals surface area contributed by atoms with Crippen molar-refractivity contribution in [1.29, 1.82) is 0 Å². The second-order valence-corrected chi connectivity index (χ2v) is 6.14. The number of benzene rings is 1. The summed E-state index contributed by atoms with van der Waals surface area (Å²) < 4.78 is 39.2. The fraction of sp³-hybridized carbons (Fsp3) is 0.118. The molecule has 10 heteroatoms. The fourth-order valence-corrected chi connectivity index (χ4v) is 2.79. The van der Waals surface area contributed by atoms with Crippen molar-refractivity contribution in [3.63, 3.8) is 0 Å². The number of carboxylic acid groups (broad SMARTS) is 1. The Kier molecular flexibility index (Phi) is 4.56. The Morgan fingerprint density at radius 1 is 1.30 bits per heavy atom. The molecule has 4 N–H and O–H groups in total. The summed E-state index contributed by atoms with van der Waals surface area (Å²) in [5, 5.41) is 9.60. The monoisotopic (exact) mass is 396 g/mol. The maximum Gasteiger partial charge on any atom is 0.416 e. The average Bonchev–Trinajstić information content (AvgIpc) is 3.01. The van der Waals surface area contributed by atoms with Crippen LogP contribution in [0.1, 0.15) is 21.5 Å². The van der Waals surface area contributed by atoms with E-state index in [1.54, 1.807) is 6.92 Å². The third-order valence-corrected chi connectivity index (χ3v) is 4.18. The van der Waals surface area contributed by atoms with Gasteiger partial charge in [-0.15, -0.1) is 0 Å². The van der Waals surface area contributed by atoms with Crippen LogP contribution in [-0.4, -0.2) is 26.0 Å². The molecule has 0 aliphatic rings. The molecule has 0 radical (unpaired) electrons. The highest BCUT2D eigenvalue weighted by Crippen LogP contribution is 2.37. The van der Waals surface area contributed by atoms with Gasteiger partial charge in [-0.1, -0.05) is 17.7 Å². The number of carboxylic acids is 1. The van der Waals surface area contributed by atoms with E-state index in [1.165, 1.54) is 18.3 Å². The molecule has 0 aliphatic heterocycles. The van der Waals surface area contributed by atoms with E-state index in [-0.39, 0.29) is 39.2 Å². The molecule has 6 nitrogen and oxygen atoms in total. The Labute approximate surface area is 155 Å². The van der Waals surface area contributed by atoms with Gasteiger partial charge in [0.15, 0.2) is 0 Å². The zero-order valence-electron chi connectivity index (χ0n) is 13.7. The first-order valence-electron chi connectivity index (χ1n) is 7.51. The minimum absolute atomic E-state index is 0.00866. The number of rotatable bonds is 3. The molecule has 27 heavy (non-hydrogen) atoms. The molecule has 3 aromatic rings. The third-order valence-electron chi connectivity index (χ3n) is 3.90. The summed E-state index contributed by atoms with van der Waals surface area (Å²) in [6.45, 7) is 1.58. The molecule has 3 rings (SSSR count). The number of nitrogens with two attached hydrogens (primary N) is 1. The molecule has 0 aliphatic carbocycles. The predicted octanol–water partition coefficient (Wildman–Crippen LogP) is 4.40. The number of hydrogen-bond donors (Lipinski definition) is 3. The van der Waals surface area contributed by atoms with Gasteiger partial charge in [0.1, 0.15) is 5.69 Å². The van der Waals surface area contributed by atoms with Crippen LogP contribution in [-0.2, 0) is 6.18 Å². The molecule has 0 unspecified atom stereocenters. The van der Waals surface area contributed by atoms with E-state index >= 15 is 0 Å². The molecule has 0 bridgehead atoms. The standard InChI is InChI=1S/C17H12ClF3N4O2/c1-7-2-3-8(17(19,20)21)4-9(7)13-10(15(26)27)5-12(24-13)14-11(18)6-23-16(22)25-14/h2-6,24H,1H3,(H,26,27)(H2,22,23,25). The number of carbonyl (C=O) groups is 1. The summed E-state index contributed by atoms with van der Waals surface area (Å²) in [6.07, 6.45) is -3.32. The summed E-state index contributed by atoms with van der Waals surface area (Å²) in [5.41, 5.74) is 5.34. The molecule has 0 atom stereocenters. The molecule has 1 aromatic carbocycles. The number of nitrogen functional groups attached to an aromatic ring is 1. The van der Waals surface area contributed by atoms with Gasteiger partial charge in [0.05, 0.1) is 33.7 Å². The van der Waals surface area contributed by atoms with E-state index in [0.717, 1.165) is 12.1 Å². The number of anilines is 1. The molecular formula is C17H12ClF3N4O2. The zero-order chi connectivity index (χ0) is 19.9. The topological polar surface area (TPSA) is 105 Å². The van der Waals surface area contributed by atoms with Gasteiger partial charge in [-0.25, -0.2) is 14.8 Å². The van der Waals surface area contributed by atoms with Crippen molar-refractivity contribution in [2.45, 2.75) is 13.1 Å². The minimum atomic E-state index is -4.56. The van der Waals surface area contributed by atoms with Crippen LogP contribution in [0.5, 0.6) is 0 Å². The number of halogens is 4. The van der Waals surface area contributed by atoms with Crippen LogP contribution >= 0.6 is 11.6 Å². The number of nitrogens with one attached hydrogen (secondary N) is 1. The average molecular weight is 397 g/mol. The smallest absolute Gasteiger partial charge is 0.416 e. The van der Waals surface area contributed by atoms with Crippen molar-refractivity contribution in [2.24, 2.45) is 0 Å². The van der Waals surface area contributed by atoms with Gasteiger partial charge in [0, 0.05) is 5.56 Å². The normalized spacial score (nSPS) is 11.6. The zero-order valence-corrected chi connectivity index (χ0v) is 14.5. The van der Waals surface area contributed by atoms with Crippen LogP contribution in [0.4, 0.5) is 19.1 Å². The van der Waals surface area contributed by atoms with E-state index in [0.29, 0.717) is 5.56 Å². The predicted molar refractivity (Wildman–Crippen MR) is 93.4 cm³/mol. The Bertz CT molecular complexity index is 1050. The van der Waals surface area contributed by atoms with E-state index in [2.05, 4.69) is 15.0 Å². The van der Waals surface area contributed by atoms with E-state index in [4.69, 9.17) is 17.3 Å². The Morgan fingerprint density at radius 3 is 2.63 bits per heavy atom. The van der Waals surface area contributed by atoms with Gasteiger partial charge in [-0.05, 0) is 30.7 Å². The van der Waals surface area contributed by atoms with Crippen LogP contribution in [0.15, 0.2) is 30.5 Å². The summed E-state index contributed by atoms with van der Waals surface area (Å²) in [7, 11) is 0. The molecular weight excluding hydrogens is 385 g/mol. The van der Waals surface area contributed by atoms with Crippen LogP contribution in [0.3, 0.4) is 0 Å². The van der Waals surface area contributed by atoms with Crippen molar-refractivity contribution in [3.05, 3.63) is 52.2 Å². The largest absolute Gasteiger partial charge is 0.478 e. The molecule has 0 spiro atoms. The van der Waals surface area contributed by atoms with Crippen molar-refractivity contribution in [3.8, 4) is 22.6 Å². The van der Waals surface area contributed by atoms with Crippen molar-refractivity contribution < 1.29 is 23.1 Å². The molecule has 2 heterocycles. The number of aryl methyl sites for hydroxylation is 1. The lowest BCUT2D eigenvalue weighted by Gasteiger charge is -2.11. The summed E-state index contributed by atoms with van der Waals surface area (Å²) in [4.78, 5) is 22.1. The molecule has 140 valence electrons. The van der Waals surface area contributed by atoms with E-state index in [9.17, 15) is 23.1 Å². The lowest BCUT2D eigenvalue weighted by molar-refractivity contribution is -0.137. The Morgan fingerprint density at radius 2 is 2.00 bits per heavy atom. The van der Waals surface area contributed by atoms with Gasteiger partial charge < -0.3 is 15.8 Å². The molecule has 0 fully saturated rings. The number of H-pyrrole nitrogens is 1. The number of aromatic nitrogens is 3. The quantitative estimate of drug-likeness (QED) is 0.608. The van der Waals surface area contributed by atoms with Crippen molar-refractivity contribution in [2.75, 3.05) is 5.73 Å². The lowest BCUT2D eigenvalue weighted by Crippen LogP contribution is -2.06. The minimum Gasteiger partial charge on any atom is -0.478 e. The van der Waals surface area contributed by atoms with E-state index < -0.39 is 17.7 Å². The first-order chi connectivity index (χ1) is 12.6. The highest BCUT2D eigenvalue weighted by atomic mass is 35.5. The highest BCUT2D eigenvalue weighted by Gasteiger charge is 2.31. The van der Waals surface area contributed by atoms with E-state index in [1.807, 2.05) is 0 Å². The van der Waals surface area contributed by atoms with Gasteiger partial charge in [-0.3, -0.25) is 0 Å². The summed E-state index contributed by atoms with van der Waals surface area (Å²) in [5.74, 6) is -1.40. The second kappa shape index (κ2) is 6.58. The van der Waals surface area contributed by atoms with Crippen LogP contribution in [0.2, 0.25) is 5.02 Å². The summed E-state index contributed by atoms with van der Waals surface area (Å²) in [6, 6.07) is 4.35. The first kappa shape index (κ1) is 18.7. The Hall–Kier alpha value is -3.07. The van der Waals surface area contributed by atoms with Gasteiger partial charge in [-0.2, -0.15) is 13.2 Å². The number of nitrogens with zero attached hydrogens (tertiary/aromatic N) is 2. The third kappa shape index (κ3) is 3.59. The Balaban J connectivity index is 2.24. The van der Waals surface area contributed by atoms with Crippen LogP contribution in [0.25, 0.3) is 22.6 Å². The SMILES string of the molecule is Cc1ccc(C(F)(F)F)cc1-c1[nH]c(-c2nc(N)ncc2Cl)cc1C(=O)O. The number of alkyl halides is 3. The number of hydrogen-bond acceptors (Lipinski definition) is 4. The van der Waals surface area contributed by atoms with Gasteiger partial charge in [0.2, 0.25) is 5.95 Å². The number of aromatic carboxylic acids is 1. The van der Waals surface area contributed by atoms with Crippen molar-refractivity contribution >= 4 is 23.5 Å². The molecule has 0 saturated carbocycles.